The third kappa shape index (κ3) is 9.15. The number of nitrogens with one attached hydrogen (secondary N) is 1. The summed E-state index contributed by atoms with van der Waals surface area (Å²) in [6, 6.07) is 10.8. The number of aromatic nitrogens is 3. The summed E-state index contributed by atoms with van der Waals surface area (Å²) in [5.74, 6) is 2.39. The molecule has 0 aliphatic heterocycles. The van der Waals surface area contributed by atoms with E-state index >= 15 is 0 Å². The molecule has 1 aromatic carbocycles. The van der Waals surface area contributed by atoms with Crippen molar-refractivity contribution < 1.29 is 24.2 Å². The molecule has 5 rings (SSSR count). The number of amides is 2. The van der Waals surface area contributed by atoms with Crippen molar-refractivity contribution in [3.63, 3.8) is 0 Å². The number of nitrogens with zero attached hydrogens (tertiary/aromatic N) is 4. The average molecular weight is 660 g/mol. The normalized spacial score (nSPS) is 21.5. The Balaban J connectivity index is 1.28. The minimum atomic E-state index is -1.01. The Morgan fingerprint density at radius 2 is 1.77 bits per heavy atom. The Bertz CT molecular complexity index is 1530. The number of carbonyl (C=O) groups excluding carboxylic acids is 2. The molecule has 260 valence electrons. The van der Waals surface area contributed by atoms with Gasteiger partial charge in [-0.05, 0) is 133 Å². The van der Waals surface area contributed by atoms with Gasteiger partial charge in [0.25, 0.3) is 0 Å². The van der Waals surface area contributed by atoms with Crippen LogP contribution in [0.1, 0.15) is 102 Å². The van der Waals surface area contributed by atoms with E-state index in [-0.39, 0.29) is 30.5 Å². The number of carbonyl (C=O) groups is 2. The van der Waals surface area contributed by atoms with E-state index in [4.69, 9.17) is 14.5 Å². The number of aryl methyl sites for hydroxylation is 1. The van der Waals surface area contributed by atoms with Crippen molar-refractivity contribution in [3.05, 3.63) is 60.0 Å². The van der Waals surface area contributed by atoms with Crippen LogP contribution in [0.25, 0.3) is 11.1 Å². The smallest absolute Gasteiger partial charge is 0.407 e. The molecule has 0 atom stereocenters. The lowest BCUT2D eigenvalue weighted by Gasteiger charge is -2.35. The van der Waals surface area contributed by atoms with Crippen LogP contribution >= 0.6 is 0 Å². The Hall–Kier alpha value is -3.92. The molecule has 2 heterocycles. The van der Waals surface area contributed by atoms with Crippen molar-refractivity contribution in [2.24, 2.45) is 11.8 Å². The first kappa shape index (κ1) is 35.4. The van der Waals surface area contributed by atoms with Crippen molar-refractivity contribution in [3.8, 4) is 16.9 Å². The minimum absolute atomic E-state index is 0.0929. The summed E-state index contributed by atoms with van der Waals surface area (Å²) in [4.78, 5) is 33.3. The van der Waals surface area contributed by atoms with Crippen molar-refractivity contribution in [1.29, 1.82) is 0 Å². The monoisotopic (exact) mass is 659 g/mol. The maximum atomic E-state index is 14.3. The molecular formula is C38H53N5O5. The van der Waals surface area contributed by atoms with Gasteiger partial charge in [0.1, 0.15) is 17.7 Å². The van der Waals surface area contributed by atoms with E-state index in [0.29, 0.717) is 49.9 Å². The van der Waals surface area contributed by atoms with Gasteiger partial charge in [-0.1, -0.05) is 12.1 Å². The van der Waals surface area contributed by atoms with E-state index < -0.39 is 11.7 Å². The van der Waals surface area contributed by atoms with Gasteiger partial charge < -0.3 is 19.9 Å². The van der Waals surface area contributed by atoms with E-state index in [1.54, 1.807) is 27.2 Å². The van der Waals surface area contributed by atoms with E-state index in [2.05, 4.69) is 49.4 Å². The highest BCUT2D eigenvalue weighted by Gasteiger charge is 2.34. The second kappa shape index (κ2) is 15.5. The van der Waals surface area contributed by atoms with Gasteiger partial charge in [-0.3, -0.25) is 14.4 Å². The molecule has 3 aromatic rings. The molecule has 2 amide bonds. The summed E-state index contributed by atoms with van der Waals surface area (Å²) in [5, 5.41) is 17.1. The minimum Gasteiger partial charge on any atom is -0.496 e. The molecule has 2 N–H and O–H groups in total. The standard InChI is InChI=1S/C38H53N5O5/c1-25(2)43-23-32(21-41-43)31-17-18-39-35(20-31)42(22-27-7-9-28(10-8-27)30-13-16-34(47-6)26(3)19-30)36(44)29-11-14-33(15-12-29)48-37(45)40-24-38(4,5)46/h13,16-21,23,25,27-29,33,46H,7-12,14-15,22,24H2,1-6H3,(H,40,45). The number of methoxy groups -OCH3 is 1. The van der Waals surface area contributed by atoms with Crippen molar-refractivity contribution >= 4 is 17.8 Å². The number of anilines is 1. The summed E-state index contributed by atoms with van der Waals surface area (Å²) in [5.41, 5.74) is 3.49. The zero-order valence-corrected chi connectivity index (χ0v) is 29.4. The van der Waals surface area contributed by atoms with Gasteiger partial charge in [0.05, 0.1) is 18.9 Å². The fourth-order valence-electron chi connectivity index (χ4n) is 7.03. The number of aliphatic hydroxyl groups is 1. The van der Waals surface area contributed by atoms with Gasteiger partial charge in [-0.2, -0.15) is 5.10 Å². The lowest BCUT2D eigenvalue weighted by atomic mass is 9.78. The largest absolute Gasteiger partial charge is 0.496 e. The molecule has 2 aromatic heterocycles. The molecule has 48 heavy (non-hydrogen) atoms. The zero-order chi connectivity index (χ0) is 34.4. The van der Waals surface area contributed by atoms with Gasteiger partial charge in [0.15, 0.2) is 0 Å². The Kier molecular flexibility index (Phi) is 11.5. The maximum Gasteiger partial charge on any atom is 0.407 e. The van der Waals surface area contributed by atoms with Gasteiger partial charge in [-0.15, -0.1) is 0 Å². The van der Waals surface area contributed by atoms with Gasteiger partial charge >= 0.3 is 6.09 Å². The van der Waals surface area contributed by atoms with Gasteiger partial charge in [-0.25, -0.2) is 9.78 Å². The van der Waals surface area contributed by atoms with Crippen LogP contribution in [0, 0.1) is 18.8 Å². The molecule has 2 aliphatic carbocycles. The number of rotatable bonds is 11. The van der Waals surface area contributed by atoms with E-state index in [0.717, 1.165) is 48.1 Å². The van der Waals surface area contributed by atoms with Crippen molar-refractivity contribution in [2.75, 3.05) is 25.1 Å². The van der Waals surface area contributed by atoms with Crippen molar-refractivity contribution in [1.82, 2.24) is 20.1 Å². The van der Waals surface area contributed by atoms with Crippen LogP contribution in [-0.2, 0) is 9.53 Å². The fraction of sp³-hybridized carbons (Fsp3) is 0.579. The lowest BCUT2D eigenvalue weighted by molar-refractivity contribution is -0.124. The molecule has 0 saturated heterocycles. The summed E-state index contributed by atoms with van der Waals surface area (Å²) in [7, 11) is 1.71. The quantitative estimate of drug-likeness (QED) is 0.223. The molecule has 2 aliphatic rings. The Labute approximate surface area is 285 Å². The van der Waals surface area contributed by atoms with Crippen LogP contribution in [0.5, 0.6) is 5.75 Å². The first-order chi connectivity index (χ1) is 22.9. The number of hydrogen-bond donors (Lipinski definition) is 2. The first-order valence-electron chi connectivity index (χ1n) is 17.5. The third-order valence-corrected chi connectivity index (χ3v) is 9.89. The molecule has 0 radical (unpaired) electrons. The summed E-state index contributed by atoms with van der Waals surface area (Å²) in [6.07, 6.45) is 11.7. The SMILES string of the molecule is COc1ccc(C2CCC(CN(C(=O)C3CCC(OC(=O)NCC(C)(C)O)CC3)c3cc(-c4cnn(C(C)C)c4)ccn3)CC2)cc1C. The van der Waals surface area contributed by atoms with Crippen LogP contribution in [-0.4, -0.2) is 63.8 Å². The summed E-state index contributed by atoms with van der Waals surface area (Å²) >= 11 is 0. The molecule has 0 spiro atoms. The second-order valence-electron chi connectivity index (χ2n) is 14.6. The number of benzene rings is 1. The topological polar surface area (TPSA) is 119 Å². The highest BCUT2D eigenvalue weighted by molar-refractivity contribution is 5.94. The predicted octanol–water partition coefficient (Wildman–Crippen LogP) is 7.21. The number of pyridine rings is 1. The van der Waals surface area contributed by atoms with Crippen molar-refractivity contribution in [2.45, 2.75) is 110 Å². The van der Waals surface area contributed by atoms with Gasteiger partial charge in [0, 0.05) is 43.0 Å². The van der Waals surface area contributed by atoms with Crippen LogP contribution in [0.2, 0.25) is 0 Å². The Morgan fingerprint density at radius 1 is 1.04 bits per heavy atom. The highest BCUT2D eigenvalue weighted by atomic mass is 16.6. The Morgan fingerprint density at radius 3 is 2.40 bits per heavy atom. The highest BCUT2D eigenvalue weighted by Crippen LogP contribution is 2.39. The van der Waals surface area contributed by atoms with Gasteiger partial charge in [0.2, 0.25) is 5.91 Å². The first-order valence-corrected chi connectivity index (χ1v) is 17.5. The predicted molar refractivity (Wildman–Crippen MR) is 187 cm³/mol. The number of alkyl carbamates (subject to hydrolysis) is 1. The third-order valence-electron chi connectivity index (χ3n) is 9.89. The summed E-state index contributed by atoms with van der Waals surface area (Å²) in [6.45, 7) is 10.3. The fourth-order valence-corrected chi connectivity index (χ4v) is 7.03. The van der Waals surface area contributed by atoms with Crippen LogP contribution in [0.15, 0.2) is 48.9 Å². The molecule has 0 bridgehead atoms. The number of ether oxygens (including phenoxy) is 2. The van der Waals surface area contributed by atoms with E-state index in [1.807, 2.05) is 34.1 Å². The zero-order valence-electron chi connectivity index (χ0n) is 29.4. The molecule has 2 fully saturated rings. The molecule has 10 heteroatoms. The van der Waals surface area contributed by atoms with E-state index in [1.165, 1.54) is 5.56 Å². The second-order valence-corrected chi connectivity index (χ2v) is 14.6. The molecular weight excluding hydrogens is 606 g/mol. The van der Waals surface area contributed by atoms with Crippen LogP contribution in [0.3, 0.4) is 0 Å². The molecule has 10 nitrogen and oxygen atoms in total. The maximum absolute atomic E-state index is 14.3. The summed E-state index contributed by atoms with van der Waals surface area (Å²) < 4.78 is 13.0. The lowest BCUT2D eigenvalue weighted by Crippen LogP contribution is -2.43. The molecule has 2 saturated carbocycles. The van der Waals surface area contributed by atoms with Crippen LogP contribution in [0.4, 0.5) is 10.6 Å². The average Bonchev–Trinajstić information content (AvgIpc) is 3.58. The van der Waals surface area contributed by atoms with E-state index in [9.17, 15) is 14.7 Å². The molecule has 0 unspecified atom stereocenters. The number of hydrogen-bond acceptors (Lipinski definition) is 7. The van der Waals surface area contributed by atoms with Crippen LogP contribution < -0.4 is 15.0 Å².